The van der Waals surface area contributed by atoms with Gasteiger partial charge in [0, 0.05) is 59.7 Å². The molecule has 0 spiro atoms. The summed E-state index contributed by atoms with van der Waals surface area (Å²) >= 11 is 0. The summed E-state index contributed by atoms with van der Waals surface area (Å²) in [6.45, 7) is 1.59. The van der Waals surface area contributed by atoms with Gasteiger partial charge in [-0.05, 0) is 48.4 Å². The molecule has 0 aliphatic carbocycles. The fraction of sp³-hybridized carbons (Fsp3) is 0.238. The Kier molecular flexibility index (Phi) is 4.60. The third kappa shape index (κ3) is 3.03. The number of aliphatic carboxylic acids is 1. The molecular formula is C21H21FN4O2. The normalized spacial score (nSPS) is 14.2. The van der Waals surface area contributed by atoms with E-state index in [1.165, 1.54) is 18.3 Å². The Bertz CT molecular complexity index is 1070. The maximum atomic E-state index is 13.5. The van der Waals surface area contributed by atoms with Crippen LogP contribution in [0, 0.1) is 11.2 Å². The summed E-state index contributed by atoms with van der Waals surface area (Å²) in [4.78, 5) is 11.2. The predicted octanol–water partition coefficient (Wildman–Crippen LogP) is 3.05. The van der Waals surface area contributed by atoms with E-state index in [1.807, 2.05) is 12.1 Å². The number of nitrogens with two attached hydrogens (primary N) is 1. The molecule has 0 amide bonds. The van der Waals surface area contributed by atoms with Crippen molar-refractivity contribution in [3.8, 4) is 5.69 Å². The monoisotopic (exact) mass is 380 g/mol. The lowest BCUT2D eigenvalue weighted by atomic mass is 9.92. The van der Waals surface area contributed by atoms with E-state index in [0.29, 0.717) is 17.7 Å². The highest BCUT2D eigenvalue weighted by Gasteiger charge is 2.29. The van der Waals surface area contributed by atoms with Crippen LogP contribution in [0.5, 0.6) is 0 Å². The van der Waals surface area contributed by atoms with Crippen molar-refractivity contribution in [2.24, 2.45) is 0 Å². The van der Waals surface area contributed by atoms with Gasteiger partial charge in [-0.2, -0.15) is 0 Å². The van der Waals surface area contributed by atoms with Crippen LogP contribution in [0.15, 0.2) is 36.4 Å². The highest BCUT2D eigenvalue weighted by molar-refractivity contribution is 5.98. The number of aryl methyl sites for hydroxylation is 1. The second-order valence-corrected chi connectivity index (χ2v) is 7.07. The molecule has 2 aromatic carbocycles. The summed E-state index contributed by atoms with van der Waals surface area (Å²) in [6, 6.07) is 9.92. The summed E-state index contributed by atoms with van der Waals surface area (Å²) in [5.74, 6) is -0.946. The SMILES string of the molecule is N=Cc1cc2c(cc1N)c(CCC(=O)O)c(C1CNC1)n2-c1ccc(F)cc1. The Morgan fingerprint density at radius 1 is 1.32 bits per heavy atom. The molecule has 0 unspecified atom stereocenters. The molecule has 7 heteroatoms. The van der Waals surface area contributed by atoms with Crippen molar-refractivity contribution >= 4 is 28.8 Å². The Balaban J connectivity index is 2.04. The quantitative estimate of drug-likeness (QED) is 0.390. The number of nitrogen functional groups attached to an aromatic ring is 1. The zero-order valence-electron chi connectivity index (χ0n) is 15.2. The van der Waals surface area contributed by atoms with E-state index in [0.717, 1.165) is 40.9 Å². The first-order valence-corrected chi connectivity index (χ1v) is 9.15. The molecule has 0 radical (unpaired) electrons. The number of nitrogens with one attached hydrogen (secondary N) is 2. The van der Waals surface area contributed by atoms with E-state index in [4.69, 9.17) is 11.1 Å². The van der Waals surface area contributed by atoms with Crippen molar-refractivity contribution in [2.75, 3.05) is 18.8 Å². The average molecular weight is 380 g/mol. The minimum absolute atomic E-state index is 0.0158. The molecule has 6 nitrogen and oxygen atoms in total. The molecule has 3 aromatic rings. The average Bonchev–Trinajstić information content (AvgIpc) is 2.91. The van der Waals surface area contributed by atoms with Crippen LogP contribution in [0.25, 0.3) is 16.6 Å². The molecule has 144 valence electrons. The standard InChI is InChI=1S/C21H21FN4O2/c22-14-1-3-15(4-2-14)26-19-7-12(9-23)18(24)8-17(19)16(5-6-20(27)28)21(26)13-10-25-11-13/h1-4,7-9,13,23,25H,5-6,10-11,24H2,(H,27,28). The molecule has 1 aromatic heterocycles. The van der Waals surface area contributed by atoms with Gasteiger partial charge in [0.1, 0.15) is 5.82 Å². The van der Waals surface area contributed by atoms with E-state index < -0.39 is 5.97 Å². The Labute approximate surface area is 161 Å². The van der Waals surface area contributed by atoms with Crippen LogP contribution < -0.4 is 11.1 Å². The van der Waals surface area contributed by atoms with Crippen molar-refractivity contribution in [3.05, 3.63) is 59.0 Å². The van der Waals surface area contributed by atoms with Gasteiger partial charge in [-0.3, -0.25) is 4.79 Å². The van der Waals surface area contributed by atoms with Gasteiger partial charge < -0.3 is 26.1 Å². The molecule has 4 rings (SSSR count). The van der Waals surface area contributed by atoms with Crippen LogP contribution in [0.2, 0.25) is 0 Å². The Hall–Kier alpha value is -3.19. The predicted molar refractivity (Wildman–Crippen MR) is 107 cm³/mol. The van der Waals surface area contributed by atoms with Gasteiger partial charge in [0.15, 0.2) is 0 Å². The number of nitrogens with zero attached hydrogens (tertiary/aromatic N) is 1. The molecular weight excluding hydrogens is 359 g/mol. The first kappa shape index (κ1) is 18.2. The topological polar surface area (TPSA) is 104 Å². The number of hydrogen-bond acceptors (Lipinski definition) is 4. The number of aromatic nitrogens is 1. The molecule has 1 saturated heterocycles. The minimum Gasteiger partial charge on any atom is -0.481 e. The van der Waals surface area contributed by atoms with E-state index in [-0.39, 0.29) is 18.2 Å². The van der Waals surface area contributed by atoms with Gasteiger partial charge >= 0.3 is 5.97 Å². The van der Waals surface area contributed by atoms with Gasteiger partial charge in [-0.15, -0.1) is 0 Å². The minimum atomic E-state index is -0.857. The second-order valence-electron chi connectivity index (χ2n) is 7.07. The zero-order chi connectivity index (χ0) is 19.8. The number of fused-ring (bicyclic) bond motifs is 1. The number of anilines is 1. The van der Waals surface area contributed by atoms with Crippen LogP contribution in [-0.2, 0) is 11.2 Å². The summed E-state index contributed by atoms with van der Waals surface area (Å²) in [5.41, 5.74) is 10.8. The molecule has 2 heterocycles. The zero-order valence-corrected chi connectivity index (χ0v) is 15.2. The maximum Gasteiger partial charge on any atom is 0.303 e. The van der Waals surface area contributed by atoms with E-state index in [9.17, 15) is 14.3 Å². The number of benzene rings is 2. The number of carboxylic acid groups (broad SMARTS) is 1. The van der Waals surface area contributed by atoms with E-state index in [1.54, 1.807) is 12.1 Å². The van der Waals surface area contributed by atoms with Gasteiger partial charge in [0.05, 0.1) is 5.52 Å². The summed E-state index contributed by atoms with van der Waals surface area (Å²) in [6.07, 6.45) is 1.61. The van der Waals surface area contributed by atoms with Crippen LogP contribution >= 0.6 is 0 Å². The summed E-state index contributed by atoms with van der Waals surface area (Å²) < 4.78 is 15.6. The fourth-order valence-corrected chi connectivity index (χ4v) is 3.85. The van der Waals surface area contributed by atoms with Crippen molar-refractivity contribution < 1.29 is 14.3 Å². The first-order valence-electron chi connectivity index (χ1n) is 9.15. The van der Waals surface area contributed by atoms with Crippen molar-refractivity contribution in [3.63, 3.8) is 0 Å². The van der Waals surface area contributed by atoms with Gasteiger partial charge in [0.25, 0.3) is 0 Å². The number of carboxylic acids is 1. The molecule has 0 atom stereocenters. The van der Waals surface area contributed by atoms with Crippen molar-refractivity contribution in [1.29, 1.82) is 5.41 Å². The van der Waals surface area contributed by atoms with Crippen LogP contribution in [-0.4, -0.2) is 34.9 Å². The molecule has 1 aliphatic rings. The second kappa shape index (κ2) is 7.09. The third-order valence-corrected chi connectivity index (χ3v) is 5.31. The Morgan fingerprint density at radius 2 is 2.04 bits per heavy atom. The molecule has 1 fully saturated rings. The summed E-state index contributed by atoms with van der Waals surface area (Å²) in [5, 5.41) is 21.0. The fourth-order valence-electron chi connectivity index (χ4n) is 3.85. The van der Waals surface area contributed by atoms with E-state index >= 15 is 0 Å². The lowest BCUT2D eigenvalue weighted by molar-refractivity contribution is -0.136. The van der Waals surface area contributed by atoms with Crippen LogP contribution in [0.4, 0.5) is 10.1 Å². The lowest BCUT2D eigenvalue weighted by Crippen LogP contribution is -2.41. The number of rotatable bonds is 6. The maximum absolute atomic E-state index is 13.5. The molecule has 0 saturated carbocycles. The molecule has 1 aliphatic heterocycles. The largest absolute Gasteiger partial charge is 0.481 e. The van der Waals surface area contributed by atoms with Crippen LogP contribution in [0.3, 0.4) is 0 Å². The van der Waals surface area contributed by atoms with Crippen molar-refractivity contribution in [2.45, 2.75) is 18.8 Å². The molecule has 5 N–H and O–H groups in total. The highest BCUT2D eigenvalue weighted by Crippen LogP contribution is 2.38. The molecule has 28 heavy (non-hydrogen) atoms. The highest BCUT2D eigenvalue weighted by atomic mass is 19.1. The number of halogens is 1. The number of carbonyl (C=O) groups is 1. The first-order chi connectivity index (χ1) is 13.5. The van der Waals surface area contributed by atoms with Gasteiger partial charge in [-0.25, -0.2) is 4.39 Å². The van der Waals surface area contributed by atoms with Crippen LogP contribution in [0.1, 0.15) is 29.2 Å². The third-order valence-electron chi connectivity index (χ3n) is 5.31. The van der Waals surface area contributed by atoms with Gasteiger partial charge in [-0.1, -0.05) is 0 Å². The summed E-state index contributed by atoms with van der Waals surface area (Å²) in [7, 11) is 0. The van der Waals surface area contributed by atoms with Gasteiger partial charge in [0.2, 0.25) is 0 Å². The number of hydrogen-bond donors (Lipinski definition) is 4. The smallest absolute Gasteiger partial charge is 0.303 e. The van der Waals surface area contributed by atoms with E-state index in [2.05, 4.69) is 9.88 Å². The lowest BCUT2D eigenvalue weighted by Gasteiger charge is -2.30. The molecule has 0 bridgehead atoms. The van der Waals surface area contributed by atoms with Crippen molar-refractivity contribution in [1.82, 2.24) is 9.88 Å². The Morgan fingerprint density at radius 3 is 2.61 bits per heavy atom.